The second-order valence-corrected chi connectivity index (χ2v) is 5.68. The normalized spacial score (nSPS) is 15.9. The molecule has 0 amide bonds. The number of carbonyl (C=O) groups is 2. The average Bonchev–Trinajstić information content (AvgIpc) is 2.91. The fourth-order valence-electron chi connectivity index (χ4n) is 2.63. The zero-order valence-electron chi connectivity index (χ0n) is 12.7. The van der Waals surface area contributed by atoms with Crippen molar-refractivity contribution in [2.75, 3.05) is 0 Å². The first-order valence-corrected chi connectivity index (χ1v) is 7.41. The monoisotopic (exact) mass is 292 g/mol. The molecule has 0 heterocycles. The quantitative estimate of drug-likeness (QED) is 0.887. The SMILES string of the molecule is CC(=O)O.CC(C(=O)O)c1ccc(CC2CCCC2)cc1. The molecule has 116 valence electrons. The van der Waals surface area contributed by atoms with E-state index in [-0.39, 0.29) is 0 Å². The van der Waals surface area contributed by atoms with Crippen LogP contribution in [0.15, 0.2) is 24.3 Å². The molecule has 1 aromatic rings. The lowest BCUT2D eigenvalue weighted by Gasteiger charge is -2.11. The summed E-state index contributed by atoms with van der Waals surface area (Å²) in [5.74, 6) is -1.15. The number of hydrogen-bond acceptors (Lipinski definition) is 2. The Balaban J connectivity index is 0.000000491. The maximum Gasteiger partial charge on any atom is 0.310 e. The zero-order valence-corrected chi connectivity index (χ0v) is 12.7. The molecule has 2 N–H and O–H groups in total. The van der Waals surface area contributed by atoms with Gasteiger partial charge in [-0.15, -0.1) is 0 Å². The van der Waals surface area contributed by atoms with Gasteiger partial charge in [-0.1, -0.05) is 49.9 Å². The Hall–Kier alpha value is -1.84. The Morgan fingerprint density at radius 2 is 1.62 bits per heavy atom. The van der Waals surface area contributed by atoms with Crippen molar-refractivity contribution in [3.05, 3.63) is 35.4 Å². The Morgan fingerprint density at radius 1 is 1.14 bits per heavy atom. The van der Waals surface area contributed by atoms with Gasteiger partial charge in [-0.05, 0) is 30.4 Å². The van der Waals surface area contributed by atoms with Gasteiger partial charge in [0.1, 0.15) is 0 Å². The minimum atomic E-state index is -0.833. The van der Waals surface area contributed by atoms with E-state index in [0.717, 1.165) is 24.8 Å². The van der Waals surface area contributed by atoms with Crippen molar-refractivity contribution in [2.45, 2.75) is 51.9 Å². The van der Waals surface area contributed by atoms with Crippen molar-refractivity contribution in [2.24, 2.45) is 5.92 Å². The van der Waals surface area contributed by atoms with Crippen molar-refractivity contribution >= 4 is 11.9 Å². The highest BCUT2D eigenvalue weighted by Gasteiger charge is 2.16. The van der Waals surface area contributed by atoms with Crippen molar-refractivity contribution in [1.82, 2.24) is 0 Å². The van der Waals surface area contributed by atoms with Gasteiger partial charge in [-0.3, -0.25) is 9.59 Å². The molecule has 0 spiro atoms. The van der Waals surface area contributed by atoms with E-state index < -0.39 is 17.9 Å². The summed E-state index contributed by atoms with van der Waals surface area (Å²) in [6, 6.07) is 8.10. The molecule has 1 unspecified atom stereocenters. The summed E-state index contributed by atoms with van der Waals surface area (Å²) in [4.78, 5) is 19.9. The molecular formula is C17H24O4. The summed E-state index contributed by atoms with van der Waals surface area (Å²) in [5.41, 5.74) is 2.24. The highest BCUT2D eigenvalue weighted by Crippen LogP contribution is 2.28. The third-order valence-corrected chi connectivity index (χ3v) is 3.85. The third kappa shape index (κ3) is 6.43. The lowest BCUT2D eigenvalue weighted by atomic mass is 9.95. The summed E-state index contributed by atoms with van der Waals surface area (Å²) < 4.78 is 0. The van der Waals surface area contributed by atoms with E-state index in [1.165, 1.54) is 31.2 Å². The second-order valence-electron chi connectivity index (χ2n) is 5.68. The number of benzene rings is 1. The number of carboxylic acids is 2. The van der Waals surface area contributed by atoms with Gasteiger partial charge in [0.25, 0.3) is 5.97 Å². The van der Waals surface area contributed by atoms with E-state index in [0.29, 0.717) is 0 Å². The minimum Gasteiger partial charge on any atom is -0.481 e. The van der Waals surface area contributed by atoms with Crippen LogP contribution in [-0.2, 0) is 16.0 Å². The van der Waals surface area contributed by atoms with Crippen LogP contribution in [-0.4, -0.2) is 22.2 Å². The van der Waals surface area contributed by atoms with Crippen molar-refractivity contribution in [1.29, 1.82) is 0 Å². The molecule has 0 radical (unpaired) electrons. The van der Waals surface area contributed by atoms with E-state index in [1.54, 1.807) is 6.92 Å². The minimum absolute atomic E-state index is 0.407. The van der Waals surface area contributed by atoms with Gasteiger partial charge in [-0.25, -0.2) is 0 Å². The molecule has 0 bridgehead atoms. The maximum atomic E-state index is 10.9. The first-order chi connectivity index (χ1) is 9.90. The van der Waals surface area contributed by atoms with E-state index in [4.69, 9.17) is 15.0 Å². The summed E-state index contributed by atoms with van der Waals surface area (Å²) in [6.45, 7) is 2.81. The van der Waals surface area contributed by atoms with Gasteiger partial charge in [0, 0.05) is 6.92 Å². The summed E-state index contributed by atoms with van der Waals surface area (Å²) in [6.07, 6.45) is 6.61. The van der Waals surface area contributed by atoms with E-state index in [9.17, 15) is 4.79 Å². The van der Waals surface area contributed by atoms with Crippen LogP contribution in [0, 0.1) is 5.92 Å². The first-order valence-electron chi connectivity index (χ1n) is 7.41. The predicted octanol–water partition coefficient (Wildman–Crippen LogP) is 3.70. The van der Waals surface area contributed by atoms with Crippen LogP contribution in [0.4, 0.5) is 0 Å². The van der Waals surface area contributed by atoms with E-state index in [2.05, 4.69) is 12.1 Å². The van der Waals surface area contributed by atoms with Crippen LogP contribution in [0.1, 0.15) is 56.6 Å². The van der Waals surface area contributed by atoms with Gasteiger partial charge in [0.2, 0.25) is 0 Å². The standard InChI is InChI=1S/C15H20O2.C2H4O2/c1-11(15(16)17)14-8-6-13(7-9-14)10-12-4-2-3-5-12;1-2(3)4/h6-9,11-12H,2-5,10H2,1H3,(H,16,17);1H3,(H,3,4). The number of hydrogen-bond donors (Lipinski definition) is 2. The summed E-state index contributed by atoms with van der Waals surface area (Å²) in [5, 5.41) is 16.4. The van der Waals surface area contributed by atoms with Crippen molar-refractivity contribution in [3.63, 3.8) is 0 Å². The molecule has 1 aromatic carbocycles. The lowest BCUT2D eigenvalue weighted by Crippen LogP contribution is -2.07. The molecule has 0 saturated heterocycles. The Kier molecular flexibility index (Phi) is 6.92. The van der Waals surface area contributed by atoms with E-state index in [1.807, 2.05) is 12.1 Å². The van der Waals surface area contributed by atoms with Crippen molar-refractivity contribution in [3.8, 4) is 0 Å². The second kappa shape index (κ2) is 8.45. The molecule has 4 nitrogen and oxygen atoms in total. The molecule has 1 atom stereocenters. The number of carboxylic acid groups (broad SMARTS) is 2. The molecule has 1 aliphatic rings. The Bertz CT molecular complexity index is 454. The maximum absolute atomic E-state index is 10.9. The summed E-state index contributed by atoms with van der Waals surface area (Å²) in [7, 11) is 0. The van der Waals surface area contributed by atoms with Crippen molar-refractivity contribution < 1.29 is 19.8 Å². The summed E-state index contributed by atoms with van der Waals surface area (Å²) >= 11 is 0. The Labute approximate surface area is 125 Å². The third-order valence-electron chi connectivity index (χ3n) is 3.85. The predicted molar refractivity (Wildman–Crippen MR) is 81.5 cm³/mol. The topological polar surface area (TPSA) is 74.6 Å². The van der Waals surface area contributed by atoms with Crippen LogP contribution in [0.25, 0.3) is 0 Å². The molecule has 2 rings (SSSR count). The zero-order chi connectivity index (χ0) is 15.8. The highest BCUT2D eigenvalue weighted by atomic mass is 16.4. The van der Waals surface area contributed by atoms with Gasteiger partial charge < -0.3 is 10.2 Å². The molecule has 1 saturated carbocycles. The highest BCUT2D eigenvalue weighted by molar-refractivity contribution is 5.75. The van der Waals surface area contributed by atoms with Gasteiger partial charge in [0.15, 0.2) is 0 Å². The Morgan fingerprint density at radius 3 is 2.05 bits per heavy atom. The number of rotatable bonds is 4. The molecule has 21 heavy (non-hydrogen) atoms. The van der Waals surface area contributed by atoms with Gasteiger partial charge in [0.05, 0.1) is 5.92 Å². The molecule has 1 fully saturated rings. The molecular weight excluding hydrogens is 268 g/mol. The van der Waals surface area contributed by atoms with Crippen LogP contribution in [0.5, 0.6) is 0 Å². The lowest BCUT2D eigenvalue weighted by molar-refractivity contribution is -0.138. The average molecular weight is 292 g/mol. The van der Waals surface area contributed by atoms with Crippen LogP contribution in [0.3, 0.4) is 0 Å². The smallest absolute Gasteiger partial charge is 0.310 e. The van der Waals surface area contributed by atoms with Crippen LogP contribution < -0.4 is 0 Å². The first kappa shape index (κ1) is 17.2. The number of aliphatic carboxylic acids is 2. The molecule has 0 aliphatic heterocycles. The van der Waals surface area contributed by atoms with Gasteiger partial charge >= 0.3 is 5.97 Å². The van der Waals surface area contributed by atoms with Crippen LogP contribution in [0.2, 0.25) is 0 Å². The van der Waals surface area contributed by atoms with Crippen LogP contribution >= 0.6 is 0 Å². The van der Waals surface area contributed by atoms with Gasteiger partial charge in [-0.2, -0.15) is 0 Å². The fourth-order valence-corrected chi connectivity index (χ4v) is 2.63. The molecule has 4 heteroatoms. The fraction of sp³-hybridized carbons (Fsp3) is 0.529. The largest absolute Gasteiger partial charge is 0.481 e. The molecule has 0 aromatic heterocycles. The molecule has 1 aliphatic carbocycles. The van der Waals surface area contributed by atoms with E-state index >= 15 is 0 Å².